The molecule has 0 bridgehead atoms. The van der Waals surface area contributed by atoms with Gasteiger partial charge in [0.2, 0.25) is 0 Å². The minimum Gasteiger partial charge on any atom is -0.490 e. The third-order valence-electron chi connectivity index (χ3n) is 5.76. The predicted molar refractivity (Wildman–Crippen MR) is 165 cm³/mol. The highest BCUT2D eigenvalue weighted by Gasteiger charge is 2.33. The van der Waals surface area contributed by atoms with E-state index in [0.717, 1.165) is 20.4 Å². The highest BCUT2D eigenvalue weighted by molar-refractivity contribution is 14.1. The van der Waals surface area contributed by atoms with Crippen LogP contribution in [-0.4, -0.2) is 47.8 Å². The molecule has 0 saturated carbocycles. The van der Waals surface area contributed by atoms with Crippen LogP contribution in [0.2, 0.25) is 0 Å². The van der Waals surface area contributed by atoms with Gasteiger partial charge in [0.1, 0.15) is 6.61 Å². The van der Waals surface area contributed by atoms with Crippen LogP contribution >= 0.6 is 34.4 Å². The summed E-state index contributed by atoms with van der Waals surface area (Å²) in [5.74, 6) is 1.01. The van der Waals surface area contributed by atoms with Crippen molar-refractivity contribution < 1.29 is 23.9 Å². The van der Waals surface area contributed by atoms with E-state index in [-0.39, 0.29) is 18.2 Å². The summed E-state index contributed by atoms with van der Waals surface area (Å²) < 4.78 is 18.0. The van der Waals surface area contributed by atoms with Gasteiger partial charge in [-0.2, -0.15) is 0 Å². The van der Waals surface area contributed by atoms with Gasteiger partial charge >= 0.3 is 0 Å². The molecule has 0 radical (unpaired) electrons. The number of thioether (sulfide) groups is 1. The van der Waals surface area contributed by atoms with Crippen molar-refractivity contribution in [3.05, 3.63) is 96.4 Å². The molecule has 208 valence electrons. The summed E-state index contributed by atoms with van der Waals surface area (Å²) in [6, 6.07) is 19.6. The van der Waals surface area contributed by atoms with Crippen molar-refractivity contribution in [2.45, 2.75) is 20.0 Å². The van der Waals surface area contributed by atoms with Crippen LogP contribution in [-0.2, 0) is 16.1 Å². The van der Waals surface area contributed by atoms with Crippen LogP contribution in [0.4, 0.5) is 11.4 Å². The molecule has 3 aromatic rings. The molecular weight excluding hydrogens is 645 g/mol. The van der Waals surface area contributed by atoms with Crippen molar-refractivity contribution >= 4 is 62.9 Å². The number of halogens is 1. The largest absolute Gasteiger partial charge is 0.490 e. The first-order valence-electron chi connectivity index (χ1n) is 12.6. The highest BCUT2D eigenvalue weighted by atomic mass is 127. The van der Waals surface area contributed by atoms with Crippen molar-refractivity contribution in [1.82, 2.24) is 4.90 Å². The Morgan fingerprint density at radius 2 is 1.85 bits per heavy atom. The van der Waals surface area contributed by atoms with Gasteiger partial charge in [0.05, 0.1) is 25.7 Å². The summed E-state index contributed by atoms with van der Waals surface area (Å²) in [6.07, 6.45) is 2.53. The van der Waals surface area contributed by atoms with Crippen molar-refractivity contribution in [3.63, 3.8) is 0 Å². The number of hydrogen-bond acceptors (Lipinski definition) is 8. The van der Waals surface area contributed by atoms with E-state index < -0.39 is 4.92 Å². The van der Waals surface area contributed by atoms with Crippen LogP contribution < -0.4 is 9.47 Å². The lowest BCUT2D eigenvalue weighted by atomic mass is 10.1. The van der Waals surface area contributed by atoms with Gasteiger partial charge in [-0.15, -0.1) is 0 Å². The van der Waals surface area contributed by atoms with E-state index >= 15 is 0 Å². The number of aliphatic imine (C=N–C) groups is 1. The van der Waals surface area contributed by atoms with Crippen LogP contribution in [0.1, 0.15) is 24.5 Å². The second-order valence-corrected chi connectivity index (χ2v) is 10.8. The number of nitro groups is 1. The third kappa shape index (κ3) is 7.61. The number of hydrogen-bond donors (Lipinski definition) is 0. The van der Waals surface area contributed by atoms with Gasteiger partial charge in [-0.05, 0) is 101 Å². The number of nitrogens with zero attached hydrogens (tertiary/aromatic N) is 3. The number of amidine groups is 1. The molecule has 4 rings (SSSR count). The van der Waals surface area contributed by atoms with Gasteiger partial charge in [0.25, 0.3) is 11.6 Å². The van der Waals surface area contributed by atoms with E-state index in [0.29, 0.717) is 47.8 Å². The minimum atomic E-state index is -0.434. The number of para-hydroxylation sites is 1. The average molecular weight is 674 g/mol. The lowest BCUT2D eigenvalue weighted by Gasteiger charge is -2.15. The van der Waals surface area contributed by atoms with Gasteiger partial charge < -0.3 is 14.2 Å². The lowest BCUT2D eigenvalue weighted by molar-refractivity contribution is -0.384. The number of nitro benzene ring substituents is 1. The molecule has 1 heterocycles. The Balaban J connectivity index is 1.59. The Labute approximate surface area is 250 Å². The van der Waals surface area contributed by atoms with E-state index in [1.54, 1.807) is 24.1 Å². The molecule has 1 fully saturated rings. The first-order valence-corrected chi connectivity index (χ1v) is 14.5. The summed E-state index contributed by atoms with van der Waals surface area (Å²) in [4.78, 5) is 30.9. The number of carbonyl (C=O) groups is 1. The molecule has 1 aliphatic heterocycles. The lowest BCUT2D eigenvalue weighted by Crippen LogP contribution is -2.30. The quantitative estimate of drug-likeness (QED) is 0.0684. The van der Waals surface area contributed by atoms with Crippen LogP contribution in [0.5, 0.6) is 11.5 Å². The smallest absolute Gasteiger partial charge is 0.269 e. The molecule has 3 aromatic carbocycles. The van der Waals surface area contributed by atoms with Crippen molar-refractivity contribution in [1.29, 1.82) is 0 Å². The Hall–Kier alpha value is -3.42. The first-order chi connectivity index (χ1) is 19.4. The molecule has 1 amide bonds. The summed E-state index contributed by atoms with van der Waals surface area (Å²) >= 11 is 3.52. The van der Waals surface area contributed by atoms with Crippen LogP contribution in [0.3, 0.4) is 0 Å². The molecule has 0 unspecified atom stereocenters. The standard InChI is InChI=1S/C29H28IN3O6S/c1-3-38-25-17-21(16-24(30)27(25)39-19-20-10-12-23(13-11-20)33(35)36)18-26-28(34)32(14-7-15-37-2)29(40-26)31-22-8-5-4-6-9-22/h4-6,8-13,16-18H,3,7,14-15,19H2,1-2H3/b26-18-,31-29?. The molecule has 0 spiro atoms. The Morgan fingerprint density at radius 3 is 2.52 bits per heavy atom. The second-order valence-electron chi connectivity index (χ2n) is 8.62. The van der Waals surface area contributed by atoms with E-state index in [9.17, 15) is 14.9 Å². The van der Waals surface area contributed by atoms with Crippen LogP contribution in [0, 0.1) is 13.7 Å². The Bertz CT molecular complexity index is 1410. The van der Waals surface area contributed by atoms with E-state index in [1.165, 1.54) is 23.9 Å². The molecule has 0 atom stereocenters. The third-order valence-corrected chi connectivity index (χ3v) is 7.57. The van der Waals surface area contributed by atoms with Gasteiger partial charge in [0, 0.05) is 32.4 Å². The van der Waals surface area contributed by atoms with E-state index in [4.69, 9.17) is 19.2 Å². The molecule has 11 heteroatoms. The van der Waals surface area contributed by atoms with Gasteiger partial charge in [-0.1, -0.05) is 18.2 Å². The van der Waals surface area contributed by atoms with Crippen LogP contribution in [0.25, 0.3) is 6.08 Å². The van der Waals surface area contributed by atoms with Gasteiger partial charge in [-0.3, -0.25) is 19.8 Å². The summed E-state index contributed by atoms with van der Waals surface area (Å²) in [5, 5.41) is 11.5. The van der Waals surface area contributed by atoms with E-state index in [1.807, 2.05) is 55.5 Å². The van der Waals surface area contributed by atoms with Gasteiger partial charge in [-0.25, -0.2) is 4.99 Å². The van der Waals surface area contributed by atoms with Gasteiger partial charge in [0.15, 0.2) is 16.7 Å². The molecule has 40 heavy (non-hydrogen) atoms. The molecule has 0 N–H and O–H groups in total. The molecule has 1 saturated heterocycles. The number of ether oxygens (including phenoxy) is 3. The monoisotopic (exact) mass is 673 g/mol. The normalized spacial score (nSPS) is 15.2. The molecule has 0 aromatic heterocycles. The minimum absolute atomic E-state index is 0.0271. The predicted octanol–water partition coefficient (Wildman–Crippen LogP) is 6.82. The number of rotatable bonds is 12. The average Bonchev–Trinajstić information content (AvgIpc) is 3.22. The fourth-order valence-corrected chi connectivity index (χ4v) is 5.67. The highest BCUT2D eigenvalue weighted by Crippen LogP contribution is 2.38. The number of amides is 1. The SMILES string of the molecule is CCOc1cc(/C=C2\SC(=Nc3ccccc3)N(CCCOC)C2=O)cc(I)c1OCc1ccc([N+](=O)[O-])cc1. The maximum atomic E-state index is 13.4. The summed E-state index contributed by atoms with van der Waals surface area (Å²) in [5.41, 5.74) is 2.39. The Morgan fingerprint density at radius 1 is 1.10 bits per heavy atom. The first kappa shape index (κ1) is 29.6. The Kier molecular flexibility index (Phi) is 10.6. The zero-order chi connectivity index (χ0) is 28.5. The zero-order valence-electron chi connectivity index (χ0n) is 22.0. The maximum absolute atomic E-state index is 13.4. The summed E-state index contributed by atoms with van der Waals surface area (Å²) in [6.45, 7) is 3.58. The molecule has 0 aliphatic carbocycles. The molecule has 1 aliphatic rings. The van der Waals surface area contributed by atoms with Crippen molar-refractivity contribution in [2.24, 2.45) is 4.99 Å². The van der Waals surface area contributed by atoms with Crippen LogP contribution in [0.15, 0.2) is 76.6 Å². The second kappa shape index (κ2) is 14.3. The number of non-ortho nitro benzene ring substituents is 1. The fraction of sp³-hybridized carbons (Fsp3) is 0.241. The number of benzene rings is 3. The number of methoxy groups -OCH3 is 1. The number of carbonyl (C=O) groups excluding carboxylic acids is 1. The summed E-state index contributed by atoms with van der Waals surface area (Å²) in [7, 11) is 1.64. The molecular formula is C29H28IN3O6S. The van der Waals surface area contributed by atoms with E-state index in [2.05, 4.69) is 22.6 Å². The zero-order valence-corrected chi connectivity index (χ0v) is 25.0. The van der Waals surface area contributed by atoms with Crippen molar-refractivity contribution in [2.75, 3.05) is 26.9 Å². The molecule has 9 nitrogen and oxygen atoms in total. The fourth-order valence-electron chi connectivity index (χ4n) is 3.86. The topological polar surface area (TPSA) is 104 Å². The maximum Gasteiger partial charge on any atom is 0.269 e. The van der Waals surface area contributed by atoms with Crippen molar-refractivity contribution in [3.8, 4) is 11.5 Å².